The number of carbonyl (C=O) groups is 2. The van der Waals surface area contributed by atoms with E-state index in [4.69, 9.17) is 0 Å². The summed E-state index contributed by atoms with van der Waals surface area (Å²) in [5.41, 5.74) is 4.84. The van der Waals surface area contributed by atoms with Gasteiger partial charge in [-0.3, -0.25) is 20.4 Å². The highest BCUT2D eigenvalue weighted by Gasteiger charge is 2.32. The first kappa shape index (κ1) is 16.2. The average molecular weight is 326 g/mol. The molecule has 1 heterocycles. The number of carbonyl (C=O) groups excluding carboxylic acids is 2. The van der Waals surface area contributed by atoms with Crippen molar-refractivity contribution < 1.29 is 22.4 Å². The molecule has 0 unspecified atom stereocenters. The molecule has 1 aliphatic rings. The summed E-state index contributed by atoms with van der Waals surface area (Å²) in [6.45, 7) is 0. The summed E-state index contributed by atoms with van der Waals surface area (Å²) in [6, 6.07) is 5.67. The van der Waals surface area contributed by atoms with Crippen molar-refractivity contribution in [1.29, 1.82) is 0 Å². The molecule has 1 aromatic rings. The summed E-state index contributed by atoms with van der Waals surface area (Å²) >= 11 is 0. The lowest BCUT2D eigenvalue weighted by atomic mass is 10.1. The van der Waals surface area contributed by atoms with Gasteiger partial charge in [-0.25, -0.2) is 12.8 Å². The summed E-state index contributed by atoms with van der Waals surface area (Å²) in [5, 5.41) is 0. The highest BCUT2D eigenvalue weighted by atomic mass is 32.2. The lowest BCUT2D eigenvalue weighted by Gasteiger charge is -2.09. The molecule has 2 N–H and O–H groups in total. The minimum atomic E-state index is -3.15. The minimum Gasteiger partial charge on any atom is -0.273 e. The molecule has 8 heteroatoms. The standard InChI is InChI=1S/C14H15FN2O4S/c15-12-3-1-2-10(8-12)4-5-13(18)16-17-14(19)11-6-7-22(20,21)9-11/h1-5,8,11H,6-7,9H2,(H,16,18)(H,17,19)/b5-4+/t11-/m1/s1. The number of nitrogens with one attached hydrogen (secondary N) is 2. The van der Waals surface area contributed by atoms with Gasteiger partial charge in [0.15, 0.2) is 9.84 Å². The minimum absolute atomic E-state index is 0.0154. The Labute approximate surface area is 127 Å². The monoisotopic (exact) mass is 326 g/mol. The molecule has 0 bridgehead atoms. The van der Waals surface area contributed by atoms with E-state index in [1.807, 2.05) is 0 Å². The van der Waals surface area contributed by atoms with Crippen molar-refractivity contribution >= 4 is 27.7 Å². The van der Waals surface area contributed by atoms with E-state index in [0.29, 0.717) is 5.56 Å². The maximum Gasteiger partial charge on any atom is 0.262 e. The van der Waals surface area contributed by atoms with Gasteiger partial charge in [0.25, 0.3) is 5.91 Å². The molecule has 2 amide bonds. The second kappa shape index (κ2) is 6.69. The quantitative estimate of drug-likeness (QED) is 0.622. The maximum atomic E-state index is 12.9. The molecule has 1 fully saturated rings. The molecule has 1 atom stereocenters. The van der Waals surface area contributed by atoms with Gasteiger partial charge in [-0.1, -0.05) is 12.1 Å². The molecule has 0 radical (unpaired) electrons. The van der Waals surface area contributed by atoms with E-state index >= 15 is 0 Å². The van der Waals surface area contributed by atoms with Crippen molar-refractivity contribution in [3.8, 4) is 0 Å². The number of hydrogen-bond acceptors (Lipinski definition) is 4. The molecule has 0 aromatic heterocycles. The Hall–Kier alpha value is -2.22. The third-order valence-corrected chi connectivity index (χ3v) is 4.96. The van der Waals surface area contributed by atoms with Crippen LogP contribution in [0.25, 0.3) is 6.08 Å². The van der Waals surface area contributed by atoms with Crippen molar-refractivity contribution in [2.45, 2.75) is 6.42 Å². The lowest BCUT2D eigenvalue weighted by molar-refractivity contribution is -0.129. The molecule has 0 spiro atoms. The van der Waals surface area contributed by atoms with E-state index in [0.717, 1.165) is 6.08 Å². The topological polar surface area (TPSA) is 92.3 Å². The highest BCUT2D eigenvalue weighted by molar-refractivity contribution is 7.91. The number of hydrogen-bond donors (Lipinski definition) is 2. The van der Waals surface area contributed by atoms with Gasteiger partial charge in [-0.15, -0.1) is 0 Å². The van der Waals surface area contributed by atoms with Gasteiger partial charge in [0.2, 0.25) is 5.91 Å². The predicted molar refractivity (Wildman–Crippen MR) is 78.5 cm³/mol. The Bertz CT molecular complexity index is 715. The SMILES string of the molecule is O=C(/C=C/c1cccc(F)c1)NNC(=O)[C@@H]1CCS(=O)(=O)C1. The fourth-order valence-corrected chi connectivity index (χ4v) is 3.79. The van der Waals surface area contributed by atoms with Crippen LogP contribution in [0, 0.1) is 11.7 Å². The van der Waals surface area contributed by atoms with Crippen molar-refractivity contribution in [3.63, 3.8) is 0 Å². The van der Waals surface area contributed by atoms with Crippen LogP contribution in [0.5, 0.6) is 0 Å². The number of amides is 2. The fraction of sp³-hybridized carbons (Fsp3) is 0.286. The maximum absolute atomic E-state index is 12.9. The molecule has 1 aliphatic heterocycles. The van der Waals surface area contributed by atoms with E-state index in [1.54, 1.807) is 6.07 Å². The fourth-order valence-electron chi connectivity index (χ4n) is 2.05. The number of sulfone groups is 1. The molecule has 1 saturated heterocycles. The lowest BCUT2D eigenvalue weighted by Crippen LogP contribution is -2.44. The third kappa shape index (κ3) is 4.66. The first-order valence-electron chi connectivity index (χ1n) is 6.60. The van der Waals surface area contributed by atoms with Crippen molar-refractivity contribution in [2.24, 2.45) is 5.92 Å². The zero-order valence-corrected chi connectivity index (χ0v) is 12.4. The molecule has 22 heavy (non-hydrogen) atoms. The molecular formula is C14H15FN2O4S. The Morgan fingerprint density at radius 3 is 2.68 bits per heavy atom. The van der Waals surface area contributed by atoms with Crippen molar-refractivity contribution in [1.82, 2.24) is 10.9 Å². The number of benzene rings is 1. The van der Waals surface area contributed by atoms with Gasteiger partial charge in [0.05, 0.1) is 17.4 Å². The van der Waals surface area contributed by atoms with Gasteiger partial charge < -0.3 is 0 Å². The van der Waals surface area contributed by atoms with E-state index in [-0.39, 0.29) is 17.9 Å². The van der Waals surface area contributed by atoms with Gasteiger partial charge >= 0.3 is 0 Å². The number of hydrazine groups is 1. The van der Waals surface area contributed by atoms with Crippen LogP contribution in [0.4, 0.5) is 4.39 Å². The number of rotatable bonds is 3. The zero-order chi connectivity index (χ0) is 16.2. The van der Waals surface area contributed by atoms with Crippen LogP contribution in [0.3, 0.4) is 0 Å². The van der Waals surface area contributed by atoms with E-state index in [9.17, 15) is 22.4 Å². The Morgan fingerprint density at radius 1 is 1.27 bits per heavy atom. The molecule has 0 saturated carbocycles. The smallest absolute Gasteiger partial charge is 0.262 e. The summed E-state index contributed by atoms with van der Waals surface area (Å²) in [5.74, 6) is -2.41. The van der Waals surface area contributed by atoms with E-state index in [1.165, 1.54) is 24.3 Å². The molecule has 2 rings (SSSR count). The molecule has 1 aromatic carbocycles. The predicted octanol–water partition coefficient (Wildman–Crippen LogP) is 0.421. The van der Waals surface area contributed by atoms with Gasteiger partial charge in [0.1, 0.15) is 5.82 Å². The van der Waals surface area contributed by atoms with Gasteiger partial charge in [-0.05, 0) is 30.2 Å². The van der Waals surface area contributed by atoms with Crippen molar-refractivity contribution in [3.05, 3.63) is 41.7 Å². The second-order valence-electron chi connectivity index (χ2n) is 4.97. The van der Waals surface area contributed by atoms with Gasteiger partial charge in [-0.2, -0.15) is 0 Å². The number of halogens is 1. The average Bonchev–Trinajstić information content (AvgIpc) is 2.83. The molecular weight excluding hydrogens is 311 g/mol. The van der Waals surface area contributed by atoms with Crippen molar-refractivity contribution in [2.75, 3.05) is 11.5 Å². The Morgan fingerprint density at radius 2 is 2.05 bits per heavy atom. The molecule has 118 valence electrons. The van der Waals surface area contributed by atoms with Crippen LogP contribution in [0.1, 0.15) is 12.0 Å². The van der Waals surface area contributed by atoms with Gasteiger partial charge in [0, 0.05) is 6.08 Å². The van der Waals surface area contributed by atoms with Crippen LogP contribution in [-0.4, -0.2) is 31.7 Å². The summed E-state index contributed by atoms with van der Waals surface area (Å²) in [7, 11) is -3.15. The van der Waals surface area contributed by atoms with E-state index in [2.05, 4.69) is 10.9 Å². The first-order chi connectivity index (χ1) is 10.4. The Balaban J connectivity index is 1.82. The van der Waals surface area contributed by atoms with Crippen LogP contribution in [0.2, 0.25) is 0 Å². The Kier molecular flexibility index (Phi) is 4.92. The van der Waals surface area contributed by atoms with E-state index < -0.39 is 33.4 Å². The van der Waals surface area contributed by atoms with Crippen LogP contribution in [0.15, 0.2) is 30.3 Å². The normalized spacial score (nSPS) is 20.0. The highest BCUT2D eigenvalue weighted by Crippen LogP contribution is 2.17. The summed E-state index contributed by atoms with van der Waals surface area (Å²) in [4.78, 5) is 23.2. The molecule has 6 nitrogen and oxygen atoms in total. The zero-order valence-electron chi connectivity index (χ0n) is 11.6. The summed E-state index contributed by atoms with van der Waals surface area (Å²) < 4.78 is 35.5. The van der Waals surface area contributed by atoms with Crippen LogP contribution >= 0.6 is 0 Å². The molecule has 0 aliphatic carbocycles. The second-order valence-corrected chi connectivity index (χ2v) is 7.20. The summed E-state index contributed by atoms with van der Waals surface area (Å²) in [6.07, 6.45) is 2.79. The van der Waals surface area contributed by atoms with Crippen LogP contribution < -0.4 is 10.9 Å². The van der Waals surface area contributed by atoms with Crippen LogP contribution in [-0.2, 0) is 19.4 Å². The third-order valence-electron chi connectivity index (χ3n) is 3.19. The largest absolute Gasteiger partial charge is 0.273 e. The first-order valence-corrected chi connectivity index (χ1v) is 8.42.